The SMILES string of the molecule is CC(=O)c1cccc(NC(=O)C(C)(C)C(=O)N(C)C2CCS(=O)(=O)C2)c1. The zero-order valence-electron chi connectivity index (χ0n) is 15.4. The van der Waals surface area contributed by atoms with Gasteiger partial charge in [0.2, 0.25) is 11.8 Å². The average Bonchev–Trinajstić information content (AvgIpc) is 2.93. The molecule has 0 aromatic heterocycles. The van der Waals surface area contributed by atoms with Gasteiger partial charge in [0.1, 0.15) is 5.41 Å². The molecule has 1 N–H and O–H groups in total. The van der Waals surface area contributed by atoms with Crippen LogP contribution in [0, 0.1) is 5.41 Å². The van der Waals surface area contributed by atoms with Gasteiger partial charge in [0.25, 0.3) is 0 Å². The van der Waals surface area contributed by atoms with Crippen molar-refractivity contribution in [1.82, 2.24) is 4.90 Å². The van der Waals surface area contributed by atoms with E-state index in [1.807, 2.05) is 0 Å². The summed E-state index contributed by atoms with van der Waals surface area (Å²) >= 11 is 0. The molecule has 1 aromatic rings. The van der Waals surface area contributed by atoms with Crippen LogP contribution >= 0.6 is 0 Å². The first-order valence-corrected chi connectivity index (χ1v) is 10.2. The second kappa shape index (κ2) is 7.19. The molecule has 7 nitrogen and oxygen atoms in total. The Labute approximate surface area is 153 Å². The Morgan fingerprint density at radius 1 is 1.23 bits per heavy atom. The lowest BCUT2D eigenvalue weighted by Gasteiger charge is -2.31. The Morgan fingerprint density at radius 3 is 2.42 bits per heavy atom. The predicted molar refractivity (Wildman–Crippen MR) is 98.7 cm³/mol. The number of rotatable bonds is 5. The van der Waals surface area contributed by atoms with Crippen molar-refractivity contribution in [2.75, 3.05) is 23.9 Å². The van der Waals surface area contributed by atoms with Crippen LogP contribution in [-0.4, -0.2) is 55.5 Å². The quantitative estimate of drug-likeness (QED) is 0.616. The second-order valence-electron chi connectivity index (χ2n) is 7.19. The molecule has 1 saturated heterocycles. The number of carbonyl (C=O) groups excluding carboxylic acids is 3. The Hall–Kier alpha value is -2.22. The third-order valence-corrected chi connectivity index (χ3v) is 6.46. The Bertz CT molecular complexity index is 845. The van der Waals surface area contributed by atoms with Gasteiger partial charge in [-0.2, -0.15) is 0 Å². The fourth-order valence-electron chi connectivity index (χ4n) is 2.89. The van der Waals surface area contributed by atoms with Crippen LogP contribution in [0.3, 0.4) is 0 Å². The molecule has 1 fully saturated rings. The third kappa shape index (κ3) is 4.30. The highest BCUT2D eigenvalue weighted by Gasteiger charge is 2.42. The minimum absolute atomic E-state index is 0.0553. The van der Waals surface area contributed by atoms with Gasteiger partial charge in [-0.05, 0) is 39.3 Å². The number of amides is 2. The molecule has 0 bridgehead atoms. The van der Waals surface area contributed by atoms with Crippen LogP contribution in [0.25, 0.3) is 0 Å². The van der Waals surface area contributed by atoms with E-state index in [-0.39, 0.29) is 17.3 Å². The monoisotopic (exact) mass is 380 g/mol. The van der Waals surface area contributed by atoms with Crippen LogP contribution in [0.4, 0.5) is 5.69 Å². The lowest BCUT2D eigenvalue weighted by molar-refractivity contribution is -0.146. The first kappa shape index (κ1) is 20.1. The molecule has 1 aliphatic rings. The first-order chi connectivity index (χ1) is 11.9. The zero-order valence-corrected chi connectivity index (χ0v) is 16.2. The number of hydrogen-bond donors (Lipinski definition) is 1. The number of benzene rings is 1. The highest BCUT2D eigenvalue weighted by molar-refractivity contribution is 7.91. The van der Waals surface area contributed by atoms with Gasteiger partial charge in [0.15, 0.2) is 15.6 Å². The fraction of sp³-hybridized carbons (Fsp3) is 0.500. The van der Waals surface area contributed by atoms with E-state index in [1.54, 1.807) is 24.3 Å². The summed E-state index contributed by atoms with van der Waals surface area (Å²) in [5.41, 5.74) is -0.497. The molecule has 0 spiro atoms. The van der Waals surface area contributed by atoms with Crippen molar-refractivity contribution in [3.8, 4) is 0 Å². The molecule has 26 heavy (non-hydrogen) atoms. The Kier molecular flexibility index (Phi) is 5.55. The van der Waals surface area contributed by atoms with E-state index in [0.717, 1.165) is 0 Å². The summed E-state index contributed by atoms with van der Waals surface area (Å²) in [7, 11) is -1.60. The summed E-state index contributed by atoms with van der Waals surface area (Å²) in [6.07, 6.45) is 0.378. The van der Waals surface area contributed by atoms with Crippen molar-refractivity contribution < 1.29 is 22.8 Å². The number of anilines is 1. The molecule has 1 aliphatic heterocycles. The average molecular weight is 380 g/mol. The zero-order chi connectivity index (χ0) is 19.7. The largest absolute Gasteiger partial charge is 0.341 e. The molecular weight excluding hydrogens is 356 g/mol. The molecule has 1 aromatic carbocycles. The van der Waals surface area contributed by atoms with Gasteiger partial charge in [-0.25, -0.2) is 8.42 Å². The van der Waals surface area contributed by atoms with E-state index in [2.05, 4.69) is 5.32 Å². The van der Waals surface area contributed by atoms with Crippen molar-refractivity contribution in [2.24, 2.45) is 5.41 Å². The highest BCUT2D eigenvalue weighted by atomic mass is 32.2. The Morgan fingerprint density at radius 2 is 1.88 bits per heavy atom. The summed E-state index contributed by atoms with van der Waals surface area (Å²) in [5.74, 6) is -1.11. The molecule has 0 radical (unpaired) electrons. The van der Waals surface area contributed by atoms with Crippen LogP contribution in [0.5, 0.6) is 0 Å². The maximum atomic E-state index is 12.8. The van der Waals surface area contributed by atoms with Crippen LogP contribution < -0.4 is 5.32 Å². The molecule has 142 valence electrons. The molecule has 8 heteroatoms. The molecule has 1 atom stereocenters. The van der Waals surface area contributed by atoms with Gasteiger partial charge in [-0.15, -0.1) is 0 Å². The minimum Gasteiger partial charge on any atom is -0.341 e. The van der Waals surface area contributed by atoms with Crippen LogP contribution in [0.15, 0.2) is 24.3 Å². The number of nitrogens with one attached hydrogen (secondary N) is 1. The lowest BCUT2D eigenvalue weighted by Crippen LogP contribution is -2.49. The van der Waals surface area contributed by atoms with Crippen molar-refractivity contribution in [2.45, 2.75) is 33.2 Å². The van der Waals surface area contributed by atoms with E-state index < -0.39 is 33.1 Å². The fourth-order valence-corrected chi connectivity index (χ4v) is 4.66. The van der Waals surface area contributed by atoms with Gasteiger partial charge in [0, 0.05) is 24.3 Å². The normalized spacial score (nSPS) is 19.0. The molecule has 0 saturated carbocycles. The molecule has 2 rings (SSSR count). The standard InChI is InChI=1S/C18H24N2O5S/c1-12(21)13-6-5-7-14(10-13)19-16(22)18(2,3)17(23)20(4)15-8-9-26(24,25)11-15/h5-7,10,15H,8-9,11H2,1-4H3,(H,19,22). The van der Waals surface area contributed by atoms with Crippen molar-refractivity contribution in [3.63, 3.8) is 0 Å². The van der Waals surface area contributed by atoms with Gasteiger partial charge < -0.3 is 10.2 Å². The summed E-state index contributed by atoms with van der Waals surface area (Å²) in [6, 6.07) is 6.06. The maximum absolute atomic E-state index is 12.8. The second-order valence-corrected chi connectivity index (χ2v) is 9.42. The van der Waals surface area contributed by atoms with Crippen molar-refractivity contribution in [1.29, 1.82) is 0 Å². The van der Waals surface area contributed by atoms with E-state index in [0.29, 0.717) is 17.7 Å². The number of ketones is 1. The number of hydrogen-bond acceptors (Lipinski definition) is 5. The molecule has 2 amide bonds. The van der Waals surface area contributed by atoms with E-state index in [1.165, 1.54) is 32.7 Å². The molecular formula is C18H24N2O5S. The minimum atomic E-state index is -3.13. The number of sulfone groups is 1. The van der Waals surface area contributed by atoms with Gasteiger partial charge in [-0.1, -0.05) is 12.1 Å². The smallest absolute Gasteiger partial charge is 0.239 e. The van der Waals surface area contributed by atoms with E-state index in [9.17, 15) is 22.8 Å². The van der Waals surface area contributed by atoms with Gasteiger partial charge >= 0.3 is 0 Å². The summed E-state index contributed by atoms with van der Waals surface area (Å²) in [4.78, 5) is 38.2. The van der Waals surface area contributed by atoms with Crippen molar-refractivity contribution >= 4 is 33.1 Å². The summed E-state index contributed by atoms with van der Waals surface area (Å²) in [6.45, 7) is 4.43. The number of carbonyl (C=O) groups is 3. The van der Waals surface area contributed by atoms with Gasteiger partial charge in [0.05, 0.1) is 11.5 Å². The first-order valence-electron chi connectivity index (χ1n) is 8.34. The molecule has 1 unspecified atom stereocenters. The Balaban J connectivity index is 2.12. The third-order valence-electron chi connectivity index (χ3n) is 4.71. The van der Waals surface area contributed by atoms with E-state index >= 15 is 0 Å². The molecule has 1 heterocycles. The van der Waals surface area contributed by atoms with Gasteiger partial charge in [-0.3, -0.25) is 14.4 Å². The predicted octanol–water partition coefficient (Wildman–Crippen LogP) is 1.50. The van der Waals surface area contributed by atoms with Crippen molar-refractivity contribution in [3.05, 3.63) is 29.8 Å². The molecule has 0 aliphatic carbocycles. The summed E-state index contributed by atoms with van der Waals surface area (Å²) in [5, 5.41) is 2.66. The maximum Gasteiger partial charge on any atom is 0.239 e. The number of Topliss-reactive ketones (excluding diaryl/α,β-unsaturated/α-hetero) is 1. The van der Waals surface area contributed by atoms with Crippen LogP contribution in [0.2, 0.25) is 0 Å². The topological polar surface area (TPSA) is 101 Å². The number of nitrogens with zero attached hydrogens (tertiary/aromatic N) is 1. The summed E-state index contributed by atoms with van der Waals surface area (Å²) < 4.78 is 23.3. The van der Waals surface area contributed by atoms with Crippen LogP contribution in [-0.2, 0) is 19.4 Å². The highest BCUT2D eigenvalue weighted by Crippen LogP contribution is 2.26. The van der Waals surface area contributed by atoms with Crippen LogP contribution in [0.1, 0.15) is 37.6 Å². The van der Waals surface area contributed by atoms with E-state index in [4.69, 9.17) is 0 Å². The lowest BCUT2D eigenvalue weighted by atomic mass is 9.89.